The van der Waals surface area contributed by atoms with E-state index in [1.807, 2.05) is 173 Å². The maximum atomic E-state index is 11.5. The molecule has 136 heavy (non-hydrogen) atoms. The number of carbonyl (C=O) groups is 3. The summed E-state index contributed by atoms with van der Waals surface area (Å²) in [4.78, 5) is 71.1. The third-order valence-corrected chi connectivity index (χ3v) is 26.2. The van der Waals surface area contributed by atoms with Crippen molar-refractivity contribution < 1.29 is 90.0 Å². The smallest absolute Gasteiger partial charge is 0.164 e. The number of pyridine rings is 2. The van der Waals surface area contributed by atoms with Gasteiger partial charge in [-0.3, -0.25) is 39.3 Å². The van der Waals surface area contributed by atoms with Gasteiger partial charge in [-0.25, -0.2) is 15.0 Å². The van der Waals surface area contributed by atoms with Crippen molar-refractivity contribution in [3.8, 4) is 67.3 Å². The first kappa shape index (κ1) is 105. The van der Waals surface area contributed by atoms with Crippen molar-refractivity contribution in [3.05, 3.63) is 326 Å². The number of hydrogen-bond acceptors (Lipinski definition) is 17. The number of carbonyl (C=O) groups excluding carboxylic acids is 3. The predicted octanol–water partition coefficient (Wildman–Crippen LogP) is 31.5. The van der Waals surface area contributed by atoms with E-state index in [0.717, 1.165) is 111 Å². The molecule has 0 saturated carbocycles. The first-order valence-corrected chi connectivity index (χ1v) is 46.9. The summed E-state index contributed by atoms with van der Waals surface area (Å²) in [6.45, 7) is 39.6. The minimum Gasteiger partial charge on any atom is -0.512 e. The van der Waals surface area contributed by atoms with E-state index >= 15 is 0 Å². The number of aromatic nitrogens is 8. The van der Waals surface area contributed by atoms with Crippen LogP contribution in [0.2, 0.25) is 0 Å². The third kappa shape index (κ3) is 24.4. The Morgan fingerprint density at radius 3 is 1.00 bits per heavy atom. The maximum absolute atomic E-state index is 11.5. The standard InChI is InChI=1S/C31H19N2S.2C26H16N3S.3C11H20O2.3Ir/c1-19-15-26-24-10-4-5-12-29(24)34-31(26)27(16-19)30-25-14-13-21(17-28(25)32-18-33-30)23-11-6-8-20-7-2-3-9-22(20)23;1-16-12-20-18-6-2-3-8-24(18)30-26(20)21(13-16)25-19-10-9-17(14-23(19)28-15-29-25)22-7-4-5-11-27-22;1-16-11-21-19-6-2-3-7-24(19)30-26(21)22(12-16)25-20-9-8-17(13-23(20)28-15-29-25)18-5-4-10-27-14-18;3*1-10(2,3)8(12)7-9(13)11(4,5)6;;;/h2-15,17-18H,1H3;2-12,14-15H,1H3;2-11,13-15H,1H3;3*7,12H,1-6H3;;;/q3*-1;;;;;;. The molecule has 0 unspecified atom stereocenters. The molecule has 19 rings (SSSR count). The van der Waals surface area contributed by atoms with Gasteiger partial charge in [0.25, 0.3) is 0 Å². The molecular formula is C116H111Ir3N8O6S3-3. The topological polar surface area (TPSA) is 215 Å². The number of allylic oxidation sites excluding steroid dienone is 6. The molecule has 8 heterocycles. The Balaban J connectivity index is 0.000000164. The zero-order valence-electron chi connectivity index (χ0n) is 80.3. The van der Waals surface area contributed by atoms with Gasteiger partial charge in [-0.2, -0.15) is 34.0 Å². The second-order valence-electron chi connectivity index (χ2n) is 39.5. The largest absolute Gasteiger partial charge is 0.512 e. The Morgan fingerprint density at radius 2 is 0.640 bits per heavy atom. The molecule has 0 amide bonds. The van der Waals surface area contributed by atoms with Crippen LogP contribution in [-0.4, -0.2) is 72.5 Å². The van der Waals surface area contributed by atoms with Crippen molar-refractivity contribution in [2.45, 2.75) is 145 Å². The van der Waals surface area contributed by atoms with E-state index in [1.54, 1.807) is 47.9 Å². The van der Waals surface area contributed by atoms with Gasteiger partial charge < -0.3 is 15.3 Å². The first-order valence-electron chi connectivity index (χ1n) is 44.4. The van der Waals surface area contributed by atoms with Gasteiger partial charge in [0, 0.05) is 172 Å². The molecule has 0 bridgehead atoms. The second-order valence-corrected chi connectivity index (χ2v) is 42.7. The number of aryl methyl sites for hydroxylation is 3. The molecule has 8 aromatic heterocycles. The summed E-state index contributed by atoms with van der Waals surface area (Å²) < 4.78 is 7.52. The molecule has 0 atom stereocenters. The summed E-state index contributed by atoms with van der Waals surface area (Å²) in [5.41, 5.74) is 16.3. The van der Waals surface area contributed by atoms with Crippen molar-refractivity contribution in [2.75, 3.05) is 0 Å². The molecule has 0 fully saturated rings. The van der Waals surface area contributed by atoms with Gasteiger partial charge >= 0.3 is 0 Å². The predicted molar refractivity (Wildman–Crippen MR) is 558 cm³/mol. The summed E-state index contributed by atoms with van der Waals surface area (Å²) in [5, 5.41) is 41.9. The molecule has 0 aliphatic rings. The van der Waals surface area contributed by atoms with Crippen LogP contribution >= 0.6 is 34.0 Å². The van der Waals surface area contributed by atoms with E-state index in [4.69, 9.17) is 9.97 Å². The molecular weight excluding hydrogens is 2270 g/mol. The molecule has 0 aliphatic heterocycles. The zero-order valence-corrected chi connectivity index (χ0v) is 90.0. The molecule has 3 N–H and O–H groups in total. The summed E-state index contributed by atoms with van der Waals surface area (Å²) in [6, 6.07) is 87.2. The van der Waals surface area contributed by atoms with Crippen LogP contribution in [0, 0.1) is 71.5 Å². The Kier molecular flexibility index (Phi) is 33.3. The van der Waals surface area contributed by atoms with Crippen molar-refractivity contribution in [2.24, 2.45) is 32.5 Å². The monoisotopic (exact) mass is 2390 g/mol. The molecule has 19 aromatic rings. The average Bonchev–Trinajstić information content (AvgIpc) is 1.58. The van der Waals surface area contributed by atoms with Crippen LogP contribution in [0.5, 0.6) is 0 Å². The summed E-state index contributed by atoms with van der Waals surface area (Å²) in [6.07, 6.45) is 14.5. The van der Waals surface area contributed by atoms with Crippen molar-refractivity contribution >= 4 is 155 Å². The van der Waals surface area contributed by atoms with E-state index in [1.165, 1.54) is 95.1 Å². The quantitative estimate of drug-likeness (QED) is 0.0696. The SMILES string of the molecule is CC(C)(C)C(=O)C=C(O)C(C)(C)C.CC(C)(C)C(=O)C=C(O)C(C)(C)C.CC(C)(C)C(=O)C=C(O)C(C)(C)C.Cc1[c-]c(-c2ncnc3cc(-c4cccc5ccccc45)ccc23)c2sc3ccccc3c2c1.Cc1[c-]c(-c2ncnc3cc(-c4ccccn4)ccc23)c2sc3ccccc3c2c1.Cc1[c-]c(-c2ncnc3cc(-c4cccnc4)ccc23)c2sc3ccccc3c2c1.[Ir].[Ir].[Ir]. The number of thiophene rings is 3. The summed E-state index contributed by atoms with van der Waals surface area (Å²) >= 11 is 5.41. The molecule has 0 spiro atoms. The number of ketones is 3. The van der Waals surface area contributed by atoms with Crippen LogP contribution in [-0.2, 0) is 74.7 Å². The second kappa shape index (κ2) is 43.3. The Labute approximate surface area is 849 Å². The average molecular weight is 2390 g/mol. The number of nitrogens with zero attached hydrogens (tertiary/aromatic N) is 8. The van der Waals surface area contributed by atoms with Gasteiger partial charge in [0.05, 0.1) is 22.2 Å². The van der Waals surface area contributed by atoms with Crippen molar-refractivity contribution in [1.29, 1.82) is 0 Å². The van der Waals surface area contributed by atoms with Gasteiger partial charge in [0.2, 0.25) is 0 Å². The fourth-order valence-electron chi connectivity index (χ4n) is 14.7. The minimum absolute atomic E-state index is 0. The van der Waals surface area contributed by atoms with Crippen LogP contribution < -0.4 is 0 Å². The molecule has 699 valence electrons. The molecule has 3 radical (unpaired) electrons. The third-order valence-electron chi connectivity index (χ3n) is 22.6. The van der Waals surface area contributed by atoms with Crippen LogP contribution in [0.15, 0.2) is 291 Å². The number of rotatable bonds is 9. The number of benzene rings is 11. The van der Waals surface area contributed by atoms with E-state index in [0.29, 0.717) is 0 Å². The van der Waals surface area contributed by atoms with E-state index < -0.39 is 16.2 Å². The first-order chi connectivity index (χ1) is 63.0. The fourth-order valence-corrected chi connectivity index (χ4v) is 18.2. The van der Waals surface area contributed by atoms with Crippen LogP contribution in [0.1, 0.15) is 141 Å². The summed E-state index contributed by atoms with van der Waals surface area (Å²) in [7, 11) is 0. The number of aliphatic hydroxyl groups is 3. The van der Waals surface area contributed by atoms with E-state index in [2.05, 4.69) is 263 Å². The van der Waals surface area contributed by atoms with Crippen LogP contribution in [0.25, 0.3) is 171 Å². The Bertz CT molecular complexity index is 7370. The van der Waals surface area contributed by atoms with Gasteiger partial charge in [-0.1, -0.05) is 307 Å². The normalized spacial score (nSPS) is 12.1. The van der Waals surface area contributed by atoms with Crippen molar-refractivity contribution in [3.63, 3.8) is 0 Å². The molecule has 0 aliphatic carbocycles. The zero-order chi connectivity index (χ0) is 95.4. The number of fused-ring (bicyclic) bond motifs is 13. The molecule has 11 aromatic carbocycles. The summed E-state index contributed by atoms with van der Waals surface area (Å²) in [5.74, 6) is 0.312. The van der Waals surface area contributed by atoms with Crippen LogP contribution in [0.3, 0.4) is 0 Å². The maximum Gasteiger partial charge on any atom is 0.164 e. The molecule has 0 saturated heterocycles. The van der Waals surface area contributed by atoms with E-state index in [9.17, 15) is 29.7 Å². The number of hydrogen-bond donors (Lipinski definition) is 3. The van der Waals surface area contributed by atoms with Gasteiger partial charge in [0.15, 0.2) is 17.3 Å². The van der Waals surface area contributed by atoms with Crippen LogP contribution in [0.4, 0.5) is 0 Å². The Morgan fingerprint density at radius 1 is 0.301 bits per heavy atom. The number of aliphatic hydroxyl groups excluding tert-OH is 3. The van der Waals surface area contributed by atoms with Crippen molar-refractivity contribution in [1.82, 2.24) is 39.9 Å². The molecule has 20 heteroatoms. The minimum atomic E-state index is -0.417. The Hall–Kier alpha value is -11.8. The van der Waals surface area contributed by atoms with Gasteiger partial charge in [-0.05, 0) is 128 Å². The van der Waals surface area contributed by atoms with Gasteiger partial charge in [0.1, 0.15) is 36.3 Å². The van der Waals surface area contributed by atoms with E-state index in [-0.39, 0.29) is 111 Å². The fraction of sp³-hybridized carbons (Fsp3) is 0.233. The molecule has 14 nitrogen and oxygen atoms in total. The van der Waals surface area contributed by atoms with Gasteiger partial charge in [-0.15, -0.1) is 69.8 Å².